The van der Waals surface area contributed by atoms with Gasteiger partial charge in [-0.05, 0) is 25.1 Å². The summed E-state index contributed by atoms with van der Waals surface area (Å²) in [5.74, 6) is 0. The van der Waals surface area contributed by atoms with Crippen LogP contribution in [0.15, 0.2) is 67.1 Å². The molecule has 0 aliphatic rings. The Labute approximate surface area is 146 Å². The van der Waals surface area contributed by atoms with E-state index in [1.807, 2.05) is 52.8 Å². The fraction of sp³-hybridized carbons (Fsp3) is 0.0952. The minimum absolute atomic E-state index is 0.611. The Morgan fingerprint density at radius 2 is 1.96 bits per heavy atom. The van der Waals surface area contributed by atoms with Crippen molar-refractivity contribution in [2.45, 2.75) is 6.92 Å². The standard InChI is InChI=1S/C21H17N4/c1-15-5-3-6-16(11-15)21-19(7-4-10-23-21)17-8-9-20-24(2)14-18(12-22)25(20)13-17/h3-11,13-14H,1-2H3/q+1. The van der Waals surface area contributed by atoms with Crippen LogP contribution in [0.5, 0.6) is 0 Å². The number of aryl methyl sites for hydroxylation is 2. The first-order valence-electron chi connectivity index (χ1n) is 8.10. The molecule has 3 aromatic heterocycles. The third-order valence-corrected chi connectivity index (χ3v) is 4.39. The molecule has 4 rings (SSSR count). The molecule has 0 aliphatic carbocycles. The van der Waals surface area contributed by atoms with Gasteiger partial charge in [0, 0.05) is 29.0 Å². The van der Waals surface area contributed by atoms with E-state index in [2.05, 4.69) is 48.3 Å². The predicted octanol–water partition coefficient (Wildman–Crippen LogP) is 3.67. The molecule has 0 saturated carbocycles. The van der Waals surface area contributed by atoms with Gasteiger partial charge in [-0.1, -0.05) is 29.8 Å². The molecule has 1 aromatic carbocycles. The van der Waals surface area contributed by atoms with Crippen molar-refractivity contribution in [2.24, 2.45) is 7.05 Å². The summed E-state index contributed by atoms with van der Waals surface area (Å²) in [5.41, 5.74) is 6.91. The summed E-state index contributed by atoms with van der Waals surface area (Å²) >= 11 is 0. The zero-order valence-corrected chi connectivity index (χ0v) is 14.1. The Morgan fingerprint density at radius 3 is 2.76 bits per heavy atom. The van der Waals surface area contributed by atoms with E-state index in [1.54, 1.807) is 0 Å². The smallest absolute Gasteiger partial charge is 0.256 e. The molecule has 4 heteroatoms. The van der Waals surface area contributed by atoms with Gasteiger partial charge < -0.3 is 0 Å². The van der Waals surface area contributed by atoms with Gasteiger partial charge in [0.05, 0.1) is 12.7 Å². The Hall–Kier alpha value is -3.45. The summed E-state index contributed by atoms with van der Waals surface area (Å²) in [6.07, 6.45) is 5.66. The van der Waals surface area contributed by atoms with Crippen LogP contribution in [0.3, 0.4) is 0 Å². The Bertz CT molecular complexity index is 1130. The Kier molecular flexibility index (Phi) is 3.55. The van der Waals surface area contributed by atoms with Crippen molar-refractivity contribution in [1.29, 1.82) is 5.26 Å². The Balaban J connectivity index is 1.94. The average molecular weight is 325 g/mol. The van der Waals surface area contributed by atoms with Gasteiger partial charge in [0.25, 0.3) is 5.65 Å². The topological polar surface area (TPSA) is 45.0 Å². The average Bonchev–Trinajstić information content (AvgIpc) is 2.97. The maximum Gasteiger partial charge on any atom is 0.287 e. The first-order chi connectivity index (χ1) is 12.2. The van der Waals surface area contributed by atoms with Crippen molar-refractivity contribution in [3.8, 4) is 28.5 Å². The van der Waals surface area contributed by atoms with Crippen molar-refractivity contribution in [2.75, 3.05) is 0 Å². The van der Waals surface area contributed by atoms with E-state index < -0.39 is 0 Å². The van der Waals surface area contributed by atoms with Gasteiger partial charge in [-0.15, -0.1) is 0 Å². The van der Waals surface area contributed by atoms with E-state index in [4.69, 9.17) is 0 Å². The van der Waals surface area contributed by atoms with Crippen molar-refractivity contribution >= 4 is 5.65 Å². The lowest BCUT2D eigenvalue weighted by molar-refractivity contribution is -0.644. The molecule has 0 spiro atoms. The molecule has 4 nitrogen and oxygen atoms in total. The molecule has 3 heterocycles. The van der Waals surface area contributed by atoms with Gasteiger partial charge in [0.1, 0.15) is 18.5 Å². The second-order valence-electron chi connectivity index (χ2n) is 6.15. The summed E-state index contributed by atoms with van der Waals surface area (Å²) in [4.78, 5) is 4.61. The minimum atomic E-state index is 0.611. The quantitative estimate of drug-likeness (QED) is 0.528. The summed E-state index contributed by atoms with van der Waals surface area (Å²) in [6.45, 7) is 2.08. The number of hydrogen-bond donors (Lipinski definition) is 0. The molecule has 0 bridgehead atoms. The fourth-order valence-corrected chi connectivity index (χ4v) is 3.19. The highest BCUT2D eigenvalue weighted by Crippen LogP contribution is 2.30. The molecule has 0 fully saturated rings. The number of hydrogen-bond acceptors (Lipinski definition) is 2. The zero-order valence-electron chi connectivity index (χ0n) is 14.1. The van der Waals surface area contributed by atoms with Gasteiger partial charge in [0.2, 0.25) is 5.69 Å². The normalized spacial score (nSPS) is 10.8. The van der Waals surface area contributed by atoms with E-state index in [1.165, 1.54) is 5.56 Å². The summed E-state index contributed by atoms with van der Waals surface area (Å²) in [5, 5.41) is 9.38. The predicted molar refractivity (Wildman–Crippen MR) is 96.7 cm³/mol. The molecule has 0 amide bonds. The van der Waals surface area contributed by atoms with Gasteiger partial charge in [-0.2, -0.15) is 9.66 Å². The first-order valence-corrected chi connectivity index (χ1v) is 8.10. The largest absolute Gasteiger partial charge is 0.287 e. The van der Waals surface area contributed by atoms with Crippen LogP contribution in [0.2, 0.25) is 0 Å². The Morgan fingerprint density at radius 1 is 1.08 bits per heavy atom. The van der Waals surface area contributed by atoms with Gasteiger partial charge in [-0.3, -0.25) is 4.98 Å². The number of nitrogens with zero attached hydrogens (tertiary/aromatic N) is 4. The molecular formula is C21H17N4+. The van der Waals surface area contributed by atoms with E-state index in [9.17, 15) is 5.26 Å². The van der Waals surface area contributed by atoms with E-state index in [0.29, 0.717) is 5.69 Å². The van der Waals surface area contributed by atoms with Crippen LogP contribution in [-0.2, 0) is 7.05 Å². The van der Waals surface area contributed by atoms with Crippen molar-refractivity contribution in [1.82, 2.24) is 9.38 Å². The molecule has 0 N–H and O–H groups in total. The monoisotopic (exact) mass is 325 g/mol. The van der Waals surface area contributed by atoms with Crippen LogP contribution in [0, 0.1) is 18.3 Å². The SMILES string of the molecule is Cc1cccc(-c2ncccc2-c2ccc3n(c2)c(C#N)c[n+]3C)c1. The number of benzene rings is 1. The highest BCUT2D eigenvalue weighted by atomic mass is 15.1. The number of rotatable bonds is 2. The van der Waals surface area contributed by atoms with Crippen molar-refractivity contribution < 1.29 is 4.57 Å². The number of fused-ring (bicyclic) bond motifs is 1. The van der Waals surface area contributed by atoms with Gasteiger partial charge in [0.15, 0.2) is 0 Å². The van der Waals surface area contributed by atoms with Crippen LogP contribution < -0.4 is 4.57 Å². The minimum Gasteiger partial charge on any atom is -0.256 e. The molecule has 25 heavy (non-hydrogen) atoms. The maximum atomic E-state index is 9.38. The highest BCUT2D eigenvalue weighted by Gasteiger charge is 2.16. The number of nitriles is 1. The van der Waals surface area contributed by atoms with Crippen LogP contribution in [-0.4, -0.2) is 9.38 Å². The van der Waals surface area contributed by atoms with Crippen LogP contribution in [0.25, 0.3) is 28.0 Å². The van der Waals surface area contributed by atoms with Crippen molar-refractivity contribution in [3.05, 3.63) is 78.4 Å². The van der Waals surface area contributed by atoms with Gasteiger partial charge in [-0.25, -0.2) is 4.57 Å². The lowest BCUT2D eigenvalue weighted by Gasteiger charge is -2.09. The molecule has 0 aliphatic heterocycles. The fourth-order valence-electron chi connectivity index (χ4n) is 3.19. The van der Waals surface area contributed by atoms with Gasteiger partial charge >= 0.3 is 0 Å². The molecule has 4 aromatic rings. The van der Waals surface area contributed by atoms with E-state index in [-0.39, 0.29) is 0 Å². The van der Waals surface area contributed by atoms with E-state index >= 15 is 0 Å². The zero-order chi connectivity index (χ0) is 17.4. The second kappa shape index (κ2) is 5.88. The molecule has 0 saturated heterocycles. The van der Waals surface area contributed by atoms with Crippen LogP contribution in [0.4, 0.5) is 0 Å². The lowest BCUT2D eigenvalue weighted by atomic mass is 9.99. The molecule has 0 radical (unpaired) electrons. The number of imidazole rings is 1. The van der Waals surface area contributed by atoms with Crippen LogP contribution >= 0.6 is 0 Å². The third kappa shape index (κ3) is 2.56. The summed E-state index contributed by atoms with van der Waals surface area (Å²) in [7, 11) is 1.94. The molecule has 0 unspecified atom stereocenters. The number of aromatic nitrogens is 3. The lowest BCUT2D eigenvalue weighted by Crippen LogP contribution is -2.25. The second-order valence-corrected chi connectivity index (χ2v) is 6.15. The third-order valence-electron chi connectivity index (χ3n) is 4.39. The van der Waals surface area contributed by atoms with Crippen molar-refractivity contribution in [3.63, 3.8) is 0 Å². The number of pyridine rings is 2. The first kappa shape index (κ1) is 15.1. The highest BCUT2D eigenvalue weighted by molar-refractivity contribution is 5.80. The maximum absolute atomic E-state index is 9.38. The molecule has 120 valence electrons. The molecular weight excluding hydrogens is 308 g/mol. The summed E-state index contributed by atoms with van der Waals surface area (Å²) in [6, 6.07) is 18.7. The van der Waals surface area contributed by atoms with Crippen LogP contribution in [0.1, 0.15) is 11.3 Å². The summed E-state index contributed by atoms with van der Waals surface area (Å²) < 4.78 is 3.87. The van der Waals surface area contributed by atoms with E-state index in [0.717, 1.165) is 28.0 Å². The molecule has 0 atom stereocenters.